The Morgan fingerprint density at radius 3 is 3.00 bits per heavy atom. The molecule has 2 nitrogen and oxygen atoms in total. The van der Waals surface area contributed by atoms with Crippen molar-refractivity contribution in [3.63, 3.8) is 0 Å². The van der Waals surface area contributed by atoms with Crippen molar-refractivity contribution in [2.45, 2.75) is 23.5 Å². The number of pyridine rings is 1. The summed E-state index contributed by atoms with van der Waals surface area (Å²) in [7, 11) is 0. The summed E-state index contributed by atoms with van der Waals surface area (Å²) in [6, 6.07) is 4.01. The third kappa shape index (κ3) is 2.47. The molecular weight excluding hydrogens is 306 g/mol. The number of aromatic nitrogens is 1. The lowest BCUT2D eigenvalue weighted by Gasteiger charge is -2.16. The molecule has 0 spiro atoms. The van der Waals surface area contributed by atoms with E-state index >= 15 is 0 Å². The zero-order chi connectivity index (χ0) is 11.8. The molecule has 0 saturated carbocycles. The Bertz CT molecular complexity index is 536. The molecule has 2 aromatic heterocycles. The van der Waals surface area contributed by atoms with Crippen LogP contribution in [0.1, 0.15) is 13.8 Å². The average Bonchev–Trinajstić information content (AvgIpc) is 2.59. The highest BCUT2D eigenvalue weighted by Crippen LogP contribution is 2.38. The van der Waals surface area contributed by atoms with Crippen molar-refractivity contribution < 1.29 is 4.79 Å². The molecule has 0 N–H and O–H groups in total. The van der Waals surface area contributed by atoms with Gasteiger partial charge in [0.25, 0.3) is 0 Å². The van der Waals surface area contributed by atoms with Crippen LogP contribution in [0.15, 0.2) is 27.0 Å². The zero-order valence-electron chi connectivity index (χ0n) is 8.86. The monoisotopic (exact) mass is 315 g/mol. The molecule has 0 aliphatic heterocycles. The minimum absolute atomic E-state index is 0.400. The molecule has 0 unspecified atom stereocenters. The minimum Gasteiger partial charge on any atom is -0.302 e. The summed E-state index contributed by atoms with van der Waals surface area (Å²) >= 11 is 6.63. The highest BCUT2D eigenvalue weighted by atomic mass is 79.9. The molecule has 2 rings (SSSR count). The van der Waals surface area contributed by atoms with Gasteiger partial charge in [-0.1, -0.05) is 0 Å². The maximum Gasteiger partial charge on any atom is 0.135 e. The van der Waals surface area contributed by atoms with Gasteiger partial charge in [0.2, 0.25) is 0 Å². The number of thioether (sulfide) groups is 1. The second-order valence-corrected chi connectivity index (χ2v) is 8.01. The Morgan fingerprint density at radius 1 is 1.56 bits per heavy atom. The van der Waals surface area contributed by atoms with E-state index in [-0.39, 0.29) is 0 Å². The number of halogens is 1. The Balaban J connectivity index is 2.48. The summed E-state index contributed by atoms with van der Waals surface area (Å²) in [6.07, 6.45) is 2.76. The number of thiophene rings is 1. The van der Waals surface area contributed by atoms with Crippen LogP contribution in [0.4, 0.5) is 0 Å². The lowest BCUT2D eigenvalue weighted by Crippen LogP contribution is -2.15. The summed E-state index contributed by atoms with van der Waals surface area (Å²) < 4.78 is 0.662. The summed E-state index contributed by atoms with van der Waals surface area (Å²) in [5.74, 6) is 0. The van der Waals surface area contributed by atoms with E-state index in [1.165, 1.54) is 0 Å². The fourth-order valence-electron chi connectivity index (χ4n) is 1.28. The number of hydrogen-bond acceptors (Lipinski definition) is 4. The van der Waals surface area contributed by atoms with Crippen molar-refractivity contribution >= 4 is 55.5 Å². The first-order chi connectivity index (χ1) is 7.52. The number of carbonyl (C=O) groups excluding carboxylic acids is 1. The van der Waals surface area contributed by atoms with E-state index in [9.17, 15) is 4.79 Å². The topological polar surface area (TPSA) is 30.0 Å². The number of hydrogen-bond donors (Lipinski definition) is 0. The first-order valence-electron chi connectivity index (χ1n) is 4.71. The smallest absolute Gasteiger partial charge is 0.135 e. The molecule has 0 fully saturated rings. The van der Waals surface area contributed by atoms with Crippen molar-refractivity contribution in [1.29, 1.82) is 0 Å². The maximum atomic E-state index is 10.9. The van der Waals surface area contributed by atoms with E-state index < -0.39 is 4.75 Å². The summed E-state index contributed by atoms with van der Waals surface area (Å²) in [4.78, 5) is 17.3. The van der Waals surface area contributed by atoms with Crippen LogP contribution in [-0.2, 0) is 4.79 Å². The van der Waals surface area contributed by atoms with Crippen molar-refractivity contribution in [2.75, 3.05) is 0 Å². The van der Waals surface area contributed by atoms with Crippen LogP contribution in [0, 0.1) is 0 Å². The number of carbonyl (C=O) groups is 1. The maximum absolute atomic E-state index is 10.9. The standard InChI is InChI=1S/C11H10BrNOS2/c1-11(2,6-14)16-8-3-4-13-10-7(8)5-9(12)15-10/h3-6H,1-2H3. The SMILES string of the molecule is CC(C)(C=O)Sc1ccnc2sc(Br)cc12. The van der Waals surface area contributed by atoms with Gasteiger partial charge in [-0.2, -0.15) is 0 Å². The van der Waals surface area contributed by atoms with E-state index in [4.69, 9.17) is 0 Å². The molecule has 0 radical (unpaired) electrons. The molecule has 0 amide bonds. The molecule has 5 heteroatoms. The van der Waals surface area contributed by atoms with Crippen molar-refractivity contribution in [3.05, 3.63) is 22.1 Å². The van der Waals surface area contributed by atoms with Crippen LogP contribution in [0.25, 0.3) is 10.2 Å². The van der Waals surface area contributed by atoms with E-state index in [1.807, 2.05) is 19.9 Å². The van der Waals surface area contributed by atoms with Gasteiger partial charge in [0.1, 0.15) is 11.1 Å². The van der Waals surface area contributed by atoms with Crippen LogP contribution >= 0.6 is 39.0 Å². The van der Waals surface area contributed by atoms with Gasteiger partial charge in [-0.05, 0) is 41.9 Å². The summed E-state index contributed by atoms with van der Waals surface area (Å²) in [5, 5.41) is 1.11. The quantitative estimate of drug-likeness (QED) is 0.630. The van der Waals surface area contributed by atoms with Crippen LogP contribution < -0.4 is 0 Å². The van der Waals surface area contributed by atoms with Gasteiger partial charge < -0.3 is 4.79 Å². The lowest BCUT2D eigenvalue weighted by molar-refractivity contribution is -0.109. The Hall–Kier alpha value is -0.390. The molecule has 2 aromatic rings. The van der Waals surface area contributed by atoms with Gasteiger partial charge in [-0.15, -0.1) is 23.1 Å². The van der Waals surface area contributed by atoms with Crippen molar-refractivity contribution in [2.24, 2.45) is 0 Å². The van der Waals surface area contributed by atoms with Gasteiger partial charge in [0, 0.05) is 16.5 Å². The zero-order valence-corrected chi connectivity index (χ0v) is 12.1. The fourth-order valence-corrected chi connectivity index (χ4v) is 3.80. The largest absolute Gasteiger partial charge is 0.302 e. The fraction of sp³-hybridized carbons (Fsp3) is 0.273. The first kappa shape index (κ1) is 12.1. The molecule has 0 atom stereocenters. The second kappa shape index (κ2) is 4.47. The van der Waals surface area contributed by atoms with Crippen LogP contribution in [0.2, 0.25) is 0 Å². The number of rotatable bonds is 3. The normalized spacial score (nSPS) is 11.9. The molecule has 84 valence electrons. The number of aldehydes is 1. The molecule has 0 saturated heterocycles. The predicted octanol–water partition coefficient (Wildman–Crippen LogP) is 4.13. The third-order valence-corrected chi connectivity index (χ3v) is 4.77. The van der Waals surface area contributed by atoms with Gasteiger partial charge in [0.05, 0.1) is 8.53 Å². The van der Waals surface area contributed by atoms with Gasteiger partial charge >= 0.3 is 0 Å². The van der Waals surface area contributed by atoms with Crippen molar-refractivity contribution in [1.82, 2.24) is 4.98 Å². The Morgan fingerprint density at radius 2 is 2.31 bits per heavy atom. The minimum atomic E-state index is -0.400. The summed E-state index contributed by atoms with van der Waals surface area (Å²) in [6.45, 7) is 3.83. The van der Waals surface area contributed by atoms with Crippen molar-refractivity contribution in [3.8, 4) is 0 Å². The summed E-state index contributed by atoms with van der Waals surface area (Å²) in [5.41, 5.74) is 0. The molecule has 16 heavy (non-hydrogen) atoms. The van der Waals surface area contributed by atoms with E-state index in [0.717, 1.165) is 25.2 Å². The predicted molar refractivity (Wildman–Crippen MR) is 73.3 cm³/mol. The van der Waals surface area contributed by atoms with Gasteiger partial charge in [-0.25, -0.2) is 4.98 Å². The molecule has 0 bridgehead atoms. The Labute approximate surface area is 111 Å². The molecular formula is C11H10BrNOS2. The van der Waals surface area contributed by atoms with Crippen LogP contribution in [0.5, 0.6) is 0 Å². The van der Waals surface area contributed by atoms with Gasteiger partial charge in [0.15, 0.2) is 0 Å². The van der Waals surface area contributed by atoms with E-state index in [0.29, 0.717) is 0 Å². The molecule has 2 heterocycles. The molecule has 0 aliphatic rings. The number of fused-ring (bicyclic) bond motifs is 1. The lowest BCUT2D eigenvalue weighted by atomic mass is 10.2. The van der Waals surface area contributed by atoms with Gasteiger partial charge in [-0.3, -0.25) is 0 Å². The van der Waals surface area contributed by atoms with Crippen LogP contribution in [0.3, 0.4) is 0 Å². The second-order valence-electron chi connectivity index (χ2n) is 3.90. The Kier molecular flexibility index (Phi) is 3.37. The van der Waals surface area contributed by atoms with E-state index in [1.54, 1.807) is 29.3 Å². The molecule has 0 aromatic carbocycles. The highest BCUT2D eigenvalue weighted by Gasteiger charge is 2.20. The number of nitrogens with zero attached hydrogens (tertiary/aromatic N) is 1. The molecule has 0 aliphatic carbocycles. The average molecular weight is 316 g/mol. The first-order valence-corrected chi connectivity index (χ1v) is 7.14. The van der Waals surface area contributed by atoms with E-state index in [2.05, 4.69) is 27.0 Å². The van der Waals surface area contributed by atoms with Crippen LogP contribution in [-0.4, -0.2) is 16.0 Å². The third-order valence-electron chi connectivity index (χ3n) is 2.02. The highest BCUT2D eigenvalue weighted by molar-refractivity contribution is 9.11.